The number of pyridine rings is 1. The molecule has 3 aliphatic heterocycles. The van der Waals surface area contributed by atoms with Crippen LogP contribution in [0.5, 0.6) is 0 Å². The van der Waals surface area contributed by atoms with Gasteiger partial charge in [-0.15, -0.1) is 11.8 Å². The van der Waals surface area contributed by atoms with Crippen molar-refractivity contribution in [3.05, 3.63) is 54.6 Å². The maximum atomic E-state index is 13.5. The Morgan fingerprint density at radius 1 is 1.19 bits per heavy atom. The molecular formula is C23H22N8O3S2. The standard InChI is InChI=1S/C23H22N8O3S2/c24-22-21(23(32)28-15-2-1-5-25-9-15)29-18(11-27-22)14-3-4-19-17(8-14)26-10-16-12-30(20-13-35-20)6-7-31(16)36(19,33)34/h1-5,8-11,16,20H,6-7,12-13H2,(H2,24,27)(H,28,32). The molecule has 184 valence electrons. The molecule has 6 rings (SSSR count). The fourth-order valence-corrected chi connectivity index (χ4v) is 6.74. The number of fused-ring (bicyclic) bond motifs is 2. The highest BCUT2D eigenvalue weighted by Gasteiger charge is 2.42. The molecular weight excluding hydrogens is 500 g/mol. The number of hydrogen-bond donors (Lipinski definition) is 2. The van der Waals surface area contributed by atoms with E-state index in [9.17, 15) is 13.2 Å². The Morgan fingerprint density at radius 3 is 2.83 bits per heavy atom. The molecule has 2 unspecified atom stereocenters. The number of anilines is 2. The number of sulfonamides is 1. The molecule has 36 heavy (non-hydrogen) atoms. The first-order valence-electron chi connectivity index (χ1n) is 11.3. The second kappa shape index (κ2) is 8.92. The number of amides is 1. The predicted octanol–water partition coefficient (Wildman–Crippen LogP) is 1.84. The second-order valence-corrected chi connectivity index (χ2v) is 11.7. The van der Waals surface area contributed by atoms with Crippen LogP contribution in [0.1, 0.15) is 10.5 Å². The fraction of sp³-hybridized carbons (Fsp3) is 0.261. The monoisotopic (exact) mass is 522 g/mol. The van der Waals surface area contributed by atoms with Crippen LogP contribution >= 0.6 is 11.8 Å². The van der Waals surface area contributed by atoms with Crippen LogP contribution in [0.3, 0.4) is 0 Å². The van der Waals surface area contributed by atoms with E-state index in [1.807, 2.05) is 11.8 Å². The lowest BCUT2D eigenvalue weighted by atomic mass is 10.1. The molecule has 3 N–H and O–H groups in total. The molecule has 13 heteroatoms. The van der Waals surface area contributed by atoms with Gasteiger partial charge in [-0.25, -0.2) is 18.4 Å². The van der Waals surface area contributed by atoms with Gasteiger partial charge in [-0.1, -0.05) is 6.07 Å². The van der Waals surface area contributed by atoms with Crippen LogP contribution < -0.4 is 11.1 Å². The minimum absolute atomic E-state index is 0.0224. The van der Waals surface area contributed by atoms with Crippen molar-refractivity contribution in [2.24, 2.45) is 4.99 Å². The summed E-state index contributed by atoms with van der Waals surface area (Å²) in [5.74, 6) is 0.539. The summed E-state index contributed by atoms with van der Waals surface area (Å²) < 4.78 is 28.5. The summed E-state index contributed by atoms with van der Waals surface area (Å²) in [6.45, 7) is 1.76. The molecule has 2 saturated heterocycles. The average molecular weight is 523 g/mol. The van der Waals surface area contributed by atoms with E-state index in [2.05, 4.69) is 30.2 Å². The van der Waals surface area contributed by atoms with E-state index >= 15 is 0 Å². The van der Waals surface area contributed by atoms with Gasteiger partial charge in [-0.2, -0.15) is 4.31 Å². The number of rotatable bonds is 4. The zero-order valence-electron chi connectivity index (χ0n) is 19.0. The molecule has 0 aliphatic carbocycles. The van der Waals surface area contributed by atoms with Gasteiger partial charge in [0.05, 0.1) is 40.9 Å². The molecule has 0 saturated carbocycles. The number of nitrogens with two attached hydrogens (primary N) is 1. The number of nitrogens with zero attached hydrogens (tertiary/aromatic N) is 6. The minimum Gasteiger partial charge on any atom is -0.382 e. The van der Waals surface area contributed by atoms with Gasteiger partial charge in [0.1, 0.15) is 4.90 Å². The van der Waals surface area contributed by atoms with Crippen LogP contribution in [0.2, 0.25) is 0 Å². The maximum Gasteiger partial charge on any atom is 0.278 e. The van der Waals surface area contributed by atoms with Crippen LogP contribution in [-0.4, -0.2) is 81.5 Å². The highest BCUT2D eigenvalue weighted by molar-refractivity contribution is 8.06. The number of thioether (sulfide) groups is 1. The Balaban J connectivity index is 1.32. The lowest BCUT2D eigenvalue weighted by Crippen LogP contribution is -2.55. The Morgan fingerprint density at radius 2 is 2.06 bits per heavy atom. The third-order valence-corrected chi connectivity index (χ3v) is 9.19. The summed E-state index contributed by atoms with van der Waals surface area (Å²) in [6, 6.07) is 7.90. The maximum absolute atomic E-state index is 13.5. The van der Waals surface area contributed by atoms with Crippen molar-refractivity contribution < 1.29 is 13.2 Å². The van der Waals surface area contributed by atoms with Crippen molar-refractivity contribution in [2.45, 2.75) is 16.3 Å². The van der Waals surface area contributed by atoms with Crippen molar-refractivity contribution in [2.75, 3.05) is 36.4 Å². The van der Waals surface area contributed by atoms with Gasteiger partial charge in [-0.05, 0) is 24.3 Å². The third kappa shape index (κ3) is 4.23. The first kappa shape index (κ1) is 23.0. The topological polar surface area (TPSA) is 147 Å². The van der Waals surface area contributed by atoms with Crippen molar-refractivity contribution in [3.8, 4) is 11.3 Å². The number of aromatic nitrogens is 3. The SMILES string of the molecule is Nc1ncc(-c2ccc3c(c2)N=CC2CN(C4CS4)CCN2S3(=O)=O)nc1C(=O)Nc1cccnc1. The van der Waals surface area contributed by atoms with Crippen molar-refractivity contribution in [1.29, 1.82) is 0 Å². The van der Waals surface area contributed by atoms with E-state index in [0.717, 1.165) is 5.75 Å². The number of nitrogens with one attached hydrogen (secondary N) is 1. The number of benzene rings is 1. The first-order valence-corrected chi connectivity index (χ1v) is 13.8. The van der Waals surface area contributed by atoms with E-state index in [1.54, 1.807) is 36.7 Å². The number of hydrogen-bond acceptors (Lipinski definition) is 10. The molecule has 2 fully saturated rings. The Bertz CT molecular complexity index is 1480. The molecule has 3 aliphatic rings. The Hall–Kier alpha value is -3.39. The quantitative estimate of drug-likeness (QED) is 0.490. The van der Waals surface area contributed by atoms with Gasteiger partial charge in [0.15, 0.2) is 11.5 Å². The summed E-state index contributed by atoms with van der Waals surface area (Å²) in [4.78, 5) is 32.3. The molecule has 0 radical (unpaired) electrons. The third-order valence-electron chi connectivity index (χ3n) is 6.28. The van der Waals surface area contributed by atoms with Crippen molar-refractivity contribution in [3.63, 3.8) is 0 Å². The van der Waals surface area contributed by atoms with Crippen molar-refractivity contribution in [1.82, 2.24) is 24.2 Å². The molecule has 2 aromatic heterocycles. The van der Waals surface area contributed by atoms with E-state index in [4.69, 9.17) is 5.73 Å². The van der Waals surface area contributed by atoms with Crippen molar-refractivity contribution >= 4 is 51.1 Å². The van der Waals surface area contributed by atoms with Gasteiger partial charge >= 0.3 is 0 Å². The molecule has 5 heterocycles. The van der Waals surface area contributed by atoms with E-state index in [1.165, 1.54) is 22.8 Å². The zero-order valence-corrected chi connectivity index (χ0v) is 20.6. The minimum atomic E-state index is -3.72. The number of nitrogen functional groups attached to an aromatic ring is 1. The summed E-state index contributed by atoms with van der Waals surface area (Å²) in [5, 5.41) is 3.17. The Kier molecular flexibility index (Phi) is 5.71. The molecule has 2 atom stereocenters. The lowest BCUT2D eigenvalue weighted by molar-refractivity contribution is 0.102. The lowest BCUT2D eigenvalue weighted by Gasteiger charge is -2.37. The molecule has 0 spiro atoms. The highest BCUT2D eigenvalue weighted by Crippen LogP contribution is 2.38. The normalized spacial score (nSPS) is 22.8. The molecule has 1 amide bonds. The van der Waals surface area contributed by atoms with Crippen LogP contribution in [0, 0.1) is 0 Å². The van der Waals surface area contributed by atoms with E-state index in [0.29, 0.717) is 47.6 Å². The first-order chi connectivity index (χ1) is 17.4. The summed E-state index contributed by atoms with van der Waals surface area (Å²) >= 11 is 1.87. The van der Waals surface area contributed by atoms with E-state index < -0.39 is 15.9 Å². The smallest absolute Gasteiger partial charge is 0.278 e. The summed E-state index contributed by atoms with van der Waals surface area (Å²) in [7, 11) is -3.72. The van der Waals surface area contributed by atoms with Gasteiger partial charge in [0.2, 0.25) is 10.0 Å². The van der Waals surface area contributed by atoms with Crippen LogP contribution in [0.15, 0.2) is 58.8 Å². The predicted molar refractivity (Wildman–Crippen MR) is 138 cm³/mol. The fourth-order valence-electron chi connectivity index (χ4n) is 4.37. The second-order valence-electron chi connectivity index (χ2n) is 8.61. The van der Waals surface area contributed by atoms with E-state index in [-0.39, 0.29) is 22.4 Å². The number of aliphatic imine (C=N–C) groups is 1. The van der Waals surface area contributed by atoms with Gasteiger partial charge < -0.3 is 11.1 Å². The number of piperazine rings is 1. The van der Waals surface area contributed by atoms with Gasteiger partial charge in [0.25, 0.3) is 5.91 Å². The molecule has 3 aromatic rings. The molecule has 11 nitrogen and oxygen atoms in total. The molecule has 0 bridgehead atoms. The largest absolute Gasteiger partial charge is 0.382 e. The number of carbonyl (C=O) groups is 1. The molecule has 1 aromatic carbocycles. The van der Waals surface area contributed by atoms with Gasteiger partial charge in [0, 0.05) is 43.4 Å². The van der Waals surface area contributed by atoms with Crippen LogP contribution in [-0.2, 0) is 10.0 Å². The highest BCUT2D eigenvalue weighted by atomic mass is 32.2. The van der Waals surface area contributed by atoms with Gasteiger partial charge in [-0.3, -0.25) is 19.7 Å². The summed E-state index contributed by atoms with van der Waals surface area (Å²) in [5.41, 5.74) is 7.65. The average Bonchev–Trinajstić information content (AvgIpc) is 3.74. The Labute approximate surface area is 211 Å². The van der Waals surface area contributed by atoms with Crippen LogP contribution in [0.25, 0.3) is 11.3 Å². The number of carbonyl (C=O) groups excluding carboxylic acids is 1. The summed E-state index contributed by atoms with van der Waals surface area (Å²) in [6.07, 6.45) is 6.27. The van der Waals surface area contributed by atoms with Crippen LogP contribution in [0.4, 0.5) is 17.2 Å². The zero-order chi connectivity index (χ0) is 24.9.